The summed E-state index contributed by atoms with van der Waals surface area (Å²) in [6, 6.07) is 3.55. The fraction of sp³-hybridized carbons (Fsp3) is 0.222. The van der Waals surface area contributed by atoms with Gasteiger partial charge in [0.2, 0.25) is 0 Å². The Morgan fingerprint density at radius 2 is 2.31 bits per heavy atom. The molecule has 0 radical (unpaired) electrons. The van der Waals surface area contributed by atoms with E-state index >= 15 is 0 Å². The second-order valence-electron chi connectivity index (χ2n) is 3.06. The summed E-state index contributed by atoms with van der Waals surface area (Å²) in [6.45, 7) is 1.84. The van der Waals surface area contributed by atoms with E-state index in [-0.39, 0.29) is 6.61 Å². The molecule has 2 rings (SSSR count). The maximum Gasteiger partial charge on any atom is 0.104 e. The number of nitrogens with zero attached hydrogens (tertiary/aromatic N) is 1. The molecule has 0 atom stereocenters. The number of imidazole rings is 1. The van der Waals surface area contributed by atoms with Crippen LogP contribution in [0.4, 0.5) is 5.69 Å². The average molecular weight is 177 g/mol. The maximum atomic E-state index is 9.06. The minimum Gasteiger partial charge on any atom is -0.399 e. The van der Waals surface area contributed by atoms with E-state index in [1.165, 1.54) is 0 Å². The van der Waals surface area contributed by atoms with Crippen molar-refractivity contribution in [1.29, 1.82) is 0 Å². The van der Waals surface area contributed by atoms with Gasteiger partial charge in [-0.15, -0.1) is 0 Å². The van der Waals surface area contributed by atoms with Gasteiger partial charge < -0.3 is 15.8 Å². The highest BCUT2D eigenvalue weighted by Crippen LogP contribution is 2.20. The number of anilines is 1. The molecule has 0 fully saturated rings. The molecule has 0 amide bonds. The highest BCUT2D eigenvalue weighted by atomic mass is 16.3. The van der Waals surface area contributed by atoms with Crippen LogP contribution in [0.2, 0.25) is 0 Å². The molecule has 1 aromatic heterocycles. The highest BCUT2D eigenvalue weighted by molar-refractivity contribution is 5.82. The van der Waals surface area contributed by atoms with Gasteiger partial charge in [-0.25, -0.2) is 4.98 Å². The number of aromatic amines is 1. The molecule has 0 aliphatic heterocycles. The first-order valence-electron chi connectivity index (χ1n) is 4.06. The van der Waals surface area contributed by atoms with E-state index in [1.807, 2.05) is 13.0 Å². The van der Waals surface area contributed by atoms with Gasteiger partial charge in [-0.05, 0) is 19.1 Å². The molecule has 4 nitrogen and oxygen atoms in total. The van der Waals surface area contributed by atoms with Crippen molar-refractivity contribution in [3.8, 4) is 0 Å². The molecule has 0 unspecified atom stereocenters. The Morgan fingerprint density at radius 1 is 1.54 bits per heavy atom. The van der Waals surface area contributed by atoms with E-state index in [9.17, 15) is 0 Å². The van der Waals surface area contributed by atoms with Gasteiger partial charge in [0, 0.05) is 11.3 Å². The summed E-state index contributed by atoms with van der Waals surface area (Å²) < 4.78 is 0. The van der Waals surface area contributed by atoms with Crippen LogP contribution in [0.25, 0.3) is 11.0 Å². The number of hydrogen-bond donors (Lipinski definition) is 3. The Labute approximate surface area is 75.4 Å². The molecule has 1 aromatic carbocycles. The summed E-state index contributed by atoms with van der Waals surface area (Å²) >= 11 is 0. The van der Waals surface area contributed by atoms with Gasteiger partial charge in [-0.1, -0.05) is 0 Å². The third-order valence-corrected chi connectivity index (χ3v) is 1.98. The van der Waals surface area contributed by atoms with E-state index in [0.717, 1.165) is 22.4 Å². The number of hydrogen-bond acceptors (Lipinski definition) is 3. The van der Waals surface area contributed by atoms with Crippen LogP contribution in [0.3, 0.4) is 0 Å². The van der Waals surface area contributed by atoms with Crippen molar-refractivity contribution in [2.75, 3.05) is 5.73 Å². The van der Waals surface area contributed by atoms with Crippen LogP contribution in [-0.4, -0.2) is 15.1 Å². The van der Waals surface area contributed by atoms with Crippen molar-refractivity contribution < 1.29 is 5.11 Å². The van der Waals surface area contributed by atoms with Crippen LogP contribution < -0.4 is 5.73 Å². The summed E-state index contributed by atoms with van der Waals surface area (Å²) in [5, 5.41) is 9.06. The zero-order chi connectivity index (χ0) is 9.42. The number of nitrogen functional groups attached to an aromatic ring is 1. The molecule has 0 aliphatic rings. The Bertz CT molecular complexity index is 447. The first kappa shape index (κ1) is 8.07. The third kappa shape index (κ3) is 1.25. The number of nitrogens with one attached hydrogen (secondary N) is 1. The Balaban J connectivity index is 2.80. The molecule has 0 spiro atoms. The van der Waals surface area contributed by atoms with E-state index in [2.05, 4.69) is 9.97 Å². The molecule has 0 saturated carbocycles. The average Bonchev–Trinajstić information content (AvgIpc) is 2.43. The van der Waals surface area contributed by atoms with Crippen molar-refractivity contribution in [2.45, 2.75) is 13.5 Å². The van der Waals surface area contributed by atoms with Gasteiger partial charge >= 0.3 is 0 Å². The van der Waals surface area contributed by atoms with Crippen molar-refractivity contribution >= 4 is 16.7 Å². The minimum absolute atomic E-state index is 0.0359. The fourth-order valence-electron chi connectivity index (χ4n) is 1.46. The summed E-state index contributed by atoms with van der Waals surface area (Å²) in [6.07, 6.45) is 0. The zero-order valence-electron chi connectivity index (χ0n) is 7.33. The predicted molar refractivity (Wildman–Crippen MR) is 51.2 cm³/mol. The number of rotatable bonds is 1. The van der Waals surface area contributed by atoms with Gasteiger partial charge in [0.25, 0.3) is 0 Å². The van der Waals surface area contributed by atoms with Crippen LogP contribution in [0, 0.1) is 6.92 Å². The molecule has 4 heteroatoms. The van der Waals surface area contributed by atoms with Gasteiger partial charge in [0.15, 0.2) is 0 Å². The van der Waals surface area contributed by atoms with Gasteiger partial charge in [0.05, 0.1) is 17.6 Å². The van der Waals surface area contributed by atoms with Crippen LogP contribution in [0.1, 0.15) is 11.4 Å². The number of benzene rings is 1. The van der Waals surface area contributed by atoms with E-state index in [0.29, 0.717) is 5.69 Å². The molecule has 0 aliphatic carbocycles. The lowest BCUT2D eigenvalue weighted by atomic mass is 10.2. The maximum absolute atomic E-state index is 9.06. The first-order valence-corrected chi connectivity index (χ1v) is 4.06. The molecule has 68 valence electrons. The first-order chi connectivity index (χ1) is 6.20. The summed E-state index contributed by atoms with van der Waals surface area (Å²) in [7, 11) is 0. The van der Waals surface area contributed by atoms with Crippen LogP contribution >= 0.6 is 0 Å². The lowest BCUT2D eigenvalue weighted by Gasteiger charge is -1.99. The number of H-pyrrole nitrogens is 1. The monoisotopic (exact) mass is 177 g/mol. The quantitative estimate of drug-likeness (QED) is 0.567. The Morgan fingerprint density at radius 3 is 3.00 bits per heavy atom. The number of aromatic nitrogens is 2. The highest BCUT2D eigenvalue weighted by Gasteiger charge is 2.05. The number of nitrogens with two attached hydrogens (primary N) is 1. The normalized spacial score (nSPS) is 10.9. The second-order valence-corrected chi connectivity index (χ2v) is 3.06. The predicted octanol–water partition coefficient (Wildman–Crippen LogP) is 0.946. The number of aliphatic hydroxyl groups excluding tert-OH is 1. The topological polar surface area (TPSA) is 74.9 Å². The summed E-state index contributed by atoms with van der Waals surface area (Å²) in [5.41, 5.74) is 8.73. The second kappa shape index (κ2) is 2.74. The third-order valence-electron chi connectivity index (χ3n) is 1.98. The molecular weight excluding hydrogens is 166 g/mol. The number of fused-ring (bicyclic) bond motifs is 1. The molecule has 4 N–H and O–H groups in total. The van der Waals surface area contributed by atoms with Crippen LogP contribution in [0.15, 0.2) is 12.1 Å². The summed E-state index contributed by atoms with van der Waals surface area (Å²) in [4.78, 5) is 7.33. The van der Waals surface area contributed by atoms with Crippen molar-refractivity contribution in [3.63, 3.8) is 0 Å². The molecule has 13 heavy (non-hydrogen) atoms. The van der Waals surface area contributed by atoms with Crippen LogP contribution in [0.5, 0.6) is 0 Å². The Hall–Kier alpha value is -1.55. The SMILES string of the molecule is Cc1nc2c(CO)cc(N)cc2[nH]1. The largest absolute Gasteiger partial charge is 0.399 e. The standard InChI is InChI=1S/C9H11N3O/c1-5-11-8-3-7(10)2-6(4-13)9(8)12-5/h2-3,13H,4,10H2,1H3,(H,11,12). The van der Waals surface area contributed by atoms with Crippen molar-refractivity contribution in [3.05, 3.63) is 23.5 Å². The van der Waals surface area contributed by atoms with Gasteiger partial charge in [0.1, 0.15) is 5.82 Å². The molecular formula is C9H11N3O. The van der Waals surface area contributed by atoms with Crippen LogP contribution in [-0.2, 0) is 6.61 Å². The molecule has 2 aromatic rings. The molecule has 0 bridgehead atoms. The fourth-order valence-corrected chi connectivity index (χ4v) is 1.46. The summed E-state index contributed by atoms with van der Waals surface area (Å²) in [5.74, 6) is 0.829. The smallest absolute Gasteiger partial charge is 0.104 e. The van der Waals surface area contributed by atoms with Gasteiger partial charge in [-0.3, -0.25) is 0 Å². The lowest BCUT2D eigenvalue weighted by Crippen LogP contribution is -1.90. The Kier molecular flexibility index (Phi) is 1.70. The van der Waals surface area contributed by atoms with E-state index < -0.39 is 0 Å². The van der Waals surface area contributed by atoms with E-state index in [4.69, 9.17) is 10.8 Å². The zero-order valence-corrected chi connectivity index (χ0v) is 7.33. The number of aryl methyl sites for hydroxylation is 1. The van der Waals surface area contributed by atoms with E-state index in [1.54, 1.807) is 6.07 Å². The van der Waals surface area contributed by atoms with Gasteiger partial charge in [-0.2, -0.15) is 0 Å². The minimum atomic E-state index is -0.0359. The number of aliphatic hydroxyl groups is 1. The lowest BCUT2D eigenvalue weighted by molar-refractivity contribution is 0.283. The van der Waals surface area contributed by atoms with Crippen molar-refractivity contribution in [2.24, 2.45) is 0 Å². The molecule has 1 heterocycles. The molecule has 0 saturated heterocycles. The van der Waals surface area contributed by atoms with Crippen molar-refractivity contribution in [1.82, 2.24) is 9.97 Å².